The molecule has 0 fully saturated rings. The van der Waals surface area contributed by atoms with Crippen molar-refractivity contribution in [3.05, 3.63) is 66.0 Å². The Kier molecular flexibility index (Phi) is 6.95. The maximum atomic E-state index is 12.7. The van der Waals surface area contributed by atoms with Gasteiger partial charge in [0.1, 0.15) is 5.75 Å². The van der Waals surface area contributed by atoms with Crippen LogP contribution >= 0.6 is 0 Å². The Morgan fingerprint density at radius 1 is 1.03 bits per heavy atom. The lowest BCUT2D eigenvalue weighted by atomic mass is 10.1. The molecule has 0 aliphatic rings. The molecule has 1 N–H and O–H groups in total. The Balaban J connectivity index is 1.71. The van der Waals surface area contributed by atoms with E-state index in [4.69, 9.17) is 14.2 Å². The van der Waals surface area contributed by atoms with Crippen LogP contribution in [-0.4, -0.2) is 36.0 Å². The number of hydrogen-bond acceptors (Lipinski definition) is 5. The summed E-state index contributed by atoms with van der Waals surface area (Å²) in [5.74, 6) is 1.88. The lowest BCUT2D eigenvalue weighted by molar-refractivity contribution is 0.0934. The second-order valence-electron chi connectivity index (χ2n) is 6.61. The molecule has 0 bridgehead atoms. The Morgan fingerprint density at radius 3 is 2.40 bits per heavy atom. The van der Waals surface area contributed by atoms with Crippen LogP contribution in [0, 0.1) is 0 Å². The number of nitrogens with one attached hydrogen (secondary N) is 1. The van der Waals surface area contributed by atoms with Gasteiger partial charge in [0.15, 0.2) is 17.2 Å². The number of carbonyl (C=O) groups is 1. The highest BCUT2D eigenvalue weighted by molar-refractivity contribution is 5.92. The van der Waals surface area contributed by atoms with Crippen LogP contribution < -0.4 is 19.5 Å². The Bertz CT molecular complexity index is 982. The average Bonchev–Trinajstić information content (AvgIpc) is 3.26. The highest BCUT2D eigenvalue weighted by Gasteiger charge is 2.16. The van der Waals surface area contributed by atoms with Crippen molar-refractivity contribution in [1.82, 2.24) is 15.1 Å². The van der Waals surface area contributed by atoms with Crippen LogP contribution in [0.15, 0.2) is 54.7 Å². The van der Waals surface area contributed by atoms with E-state index in [0.717, 1.165) is 17.0 Å². The molecule has 0 spiro atoms. The summed E-state index contributed by atoms with van der Waals surface area (Å²) in [6.07, 6.45) is 1.76. The zero-order valence-corrected chi connectivity index (χ0v) is 17.7. The third kappa shape index (κ3) is 4.92. The second kappa shape index (κ2) is 9.82. The van der Waals surface area contributed by atoms with Gasteiger partial charge < -0.3 is 19.5 Å². The van der Waals surface area contributed by atoms with E-state index in [1.165, 1.54) is 0 Å². The third-order valence-corrected chi connectivity index (χ3v) is 4.57. The van der Waals surface area contributed by atoms with Gasteiger partial charge in [-0.2, -0.15) is 5.10 Å². The van der Waals surface area contributed by atoms with Crippen LogP contribution in [-0.2, 0) is 0 Å². The van der Waals surface area contributed by atoms with Crippen LogP contribution in [0.3, 0.4) is 0 Å². The summed E-state index contributed by atoms with van der Waals surface area (Å²) in [6, 6.07) is 14.6. The first-order valence-corrected chi connectivity index (χ1v) is 9.96. The largest absolute Gasteiger partial charge is 0.497 e. The lowest BCUT2D eigenvalue weighted by Crippen LogP contribution is -2.27. The van der Waals surface area contributed by atoms with Crippen molar-refractivity contribution in [2.24, 2.45) is 0 Å². The molecule has 30 heavy (non-hydrogen) atoms. The van der Waals surface area contributed by atoms with E-state index in [2.05, 4.69) is 10.4 Å². The van der Waals surface area contributed by atoms with Crippen LogP contribution in [0.4, 0.5) is 0 Å². The fourth-order valence-corrected chi connectivity index (χ4v) is 3.01. The molecule has 3 aromatic rings. The highest BCUT2D eigenvalue weighted by Crippen LogP contribution is 2.30. The van der Waals surface area contributed by atoms with Gasteiger partial charge in [-0.25, -0.2) is 4.68 Å². The normalized spacial score (nSPS) is 11.6. The summed E-state index contributed by atoms with van der Waals surface area (Å²) in [6.45, 7) is 6.86. The molecule has 7 heteroatoms. The van der Waals surface area contributed by atoms with E-state index >= 15 is 0 Å². The summed E-state index contributed by atoms with van der Waals surface area (Å²) in [5.41, 5.74) is 2.11. The first-order chi connectivity index (χ1) is 14.5. The van der Waals surface area contributed by atoms with Crippen LogP contribution in [0.25, 0.3) is 5.69 Å². The lowest BCUT2D eigenvalue weighted by Gasteiger charge is -2.17. The molecule has 0 aliphatic carbocycles. The van der Waals surface area contributed by atoms with E-state index in [0.29, 0.717) is 30.4 Å². The molecule has 158 valence electrons. The zero-order chi connectivity index (χ0) is 21.5. The fraction of sp³-hybridized carbons (Fsp3) is 0.304. The molecule has 1 unspecified atom stereocenters. The van der Waals surface area contributed by atoms with Crippen molar-refractivity contribution in [3.8, 4) is 22.9 Å². The van der Waals surface area contributed by atoms with Gasteiger partial charge in [-0.3, -0.25) is 4.79 Å². The van der Waals surface area contributed by atoms with Gasteiger partial charge in [-0.05, 0) is 68.8 Å². The van der Waals surface area contributed by atoms with E-state index < -0.39 is 0 Å². The van der Waals surface area contributed by atoms with Crippen molar-refractivity contribution in [1.29, 1.82) is 0 Å². The highest BCUT2D eigenvalue weighted by atomic mass is 16.5. The van der Waals surface area contributed by atoms with Crippen LogP contribution in [0.2, 0.25) is 0 Å². The Hall–Kier alpha value is -3.48. The molecule has 2 aromatic carbocycles. The third-order valence-electron chi connectivity index (χ3n) is 4.57. The predicted molar refractivity (Wildman–Crippen MR) is 115 cm³/mol. The van der Waals surface area contributed by atoms with Crippen molar-refractivity contribution >= 4 is 5.91 Å². The SMILES string of the molecule is CCOc1ccc(C(C)NC(=O)c2ccn(-c3ccc(OC)cc3)n2)cc1OCC. The molecule has 3 rings (SSSR count). The maximum Gasteiger partial charge on any atom is 0.272 e. The van der Waals surface area contributed by atoms with Gasteiger partial charge >= 0.3 is 0 Å². The number of nitrogens with zero attached hydrogens (tertiary/aromatic N) is 2. The molecule has 7 nitrogen and oxygen atoms in total. The quantitative estimate of drug-likeness (QED) is 0.574. The summed E-state index contributed by atoms with van der Waals surface area (Å²) >= 11 is 0. The minimum Gasteiger partial charge on any atom is -0.497 e. The monoisotopic (exact) mass is 409 g/mol. The molecular formula is C23H27N3O4. The molecule has 0 saturated heterocycles. The van der Waals surface area contributed by atoms with E-state index in [9.17, 15) is 4.79 Å². The van der Waals surface area contributed by atoms with E-state index in [1.54, 1.807) is 24.1 Å². The topological polar surface area (TPSA) is 74.6 Å². The number of hydrogen-bond donors (Lipinski definition) is 1. The van der Waals surface area contributed by atoms with Crippen molar-refractivity contribution in [2.45, 2.75) is 26.8 Å². The zero-order valence-electron chi connectivity index (χ0n) is 17.7. The summed E-state index contributed by atoms with van der Waals surface area (Å²) < 4.78 is 18.1. The van der Waals surface area contributed by atoms with E-state index in [-0.39, 0.29) is 11.9 Å². The van der Waals surface area contributed by atoms with E-state index in [1.807, 2.05) is 63.2 Å². The second-order valence-corrected chi connectivity index (χ2v) is 6.61. The minimum atomic E-state index is -0.249. The first-order valence-electron chi connectivity index (χ1n) is 9.96. The molecule has 1 amide bonds. The van der Waals surface area contributed by atoms with Crippen molar-refractivity contribution in [3.63, 3.8) is 0 Å². The van der Waals surface area contributed by atoms with Gasteiger partial charge in [0.2, 0.25) is 0 Å². The van der Waals surface area contributed by atoms with Gasteiger partial charge in [0.05, 0.1) is 32.1 Å². The molecule has 0 saturated carbocycles. The number of ether oxygens (including phenoxy) is 3. The number of aromatic nitrogens is 2. The van der Waals surface area contributed by atoms with Gasteiger partial charge in [-0.15, -0.1) is 0 Å². The molecule has 0 aliphatic heterocycles. The summed E-state index contributed by atoms with van der Waals surface area (Å²) in [7, 11) is 1.62. The summed E-state index contributed by atoms with van der Waals surface area (Å²) in [5, 5.41) is 7.37. The smallest absolute Gasteiger partial charge is 0.272 e. The van der Waals surface area contributed by atoms with Gasteiger partial charge in [0.25, 0.3) is 5.91 Å². The number of amides is 1. The predicted octanol–water partition coefficient (Wildman–Crippen LogP) is 4.17. The van der Waals surface area contributed by atoms with Gasteiger partial charge in [-0.1, -0.05) is 6.07 Å². The minimum absolute atomic E-state index is 0.224. The number of methoxy groups -OCH3 is 1. The summed E-state index contributed by atoms with van der Waals surface area (Å²) in [4.78, 5) is 12.7. The fourth-order valence-electron chi connectivity index (χ4n) is 3.01. The molecular weight excluding hydrogens is 382 g/mol. The van der Waals surface area contributed by atoms with Gasteiger partial charge in [0, 0.05) is 6.20 Å². The molecule has 1 heterocycles. The standard InChI is InChI=1S/C23H27N3O4/c1-5-29-21-12-7-17(15-22(21)30-6-2)16(3)24-23(27)20-13-14-26(25-20)18-8-10-19(28-4)11-9-18/h7-16H,5-6H2,1-4H3,(H,24,27). The van der Waals surface area contributed by atoms with Crippen molar-refractivity contribution < 1.29 is 19.0 Å². The maximum absolute atomic E-state index is 12.7. The number of benzene rings is 2. The van der Waals surface area contributed by atoms with Crippen molar-refractivity contribution in [2.75, 3.05) is 20.3 Å². The van der Waals surface area contributed by atoms with Crippen LogP contribution in [0.5, 0.6) is 17.2 Å². The molecule has 1 atom stereocenters. The number of carbonyl (C=O) groups excluding carboxylic acids is 1. The number of rotatable bonds is 9. The molecule has 1 aromatic heterocycles. The average molecular weight is 409 g/mol. The van der Waals surface area contributed by atoms with Crippen LogP contribution in [0.1, 0.15) is 42.9 Å². The Morgan fingerprint density at radius 2 is 1.73 bits per heavy atom. The Labute approximate surface area is 176 Å². The first kappa shape index (κ1) is 21.2. The molecule has 0 radical (unpaired) electrons.